The standard InChI is InChI=1S/C30H40N2O3.C9H20N2O2.C8H16.C3H9N.C2H6/c1-4-12-24(23-31-26-14-8-5-9-15-26)13-7-6-10-20-32-21-18-25(19-22-32)29(33)27-16-11-17-28(34-2)30(27)35-3;1-9(5-8-13-10)12-7-4-3-6-11-2;1-4-6-7-8(3)5-2;1-3-4-2;1-2/h4-9,11-17,25,29,31,33H,10,18-23H2,1-3H3;5,8-9,11H,3-4,6-7,10H2,1-2H3;4,6,8H,5,7H2,1-3H3;4H,3H2,1-2H3;1-2H3/b7-6+,12-4-,24-13+;8-5+;6-4+;;. The van der Waals surface area contributed by atoms with Gasteiger partial charge in [-0.05, 0) is 141 Å². The third kappa shape index (κ3) is 31.0. The molecule has 3 unspecified atom stereocenters. The maximum Gasteiger partial charge on any atom is 0.166 e. The molecule has 10 nitrogen and oxygen atoms in total. The Labute approximate surface area is 380 Å². The maximum atomic E-state index is 11.0. The Kier molecular flexibility index (Phi) is 42.5. The van der Waals surface area contributed by atoms with Gasteiger partial charge in [0.15, 0.2) is 11.5 Å². The number of hydrogen-bond donors (Lipinski definition) is 5. The van der Waals surface area contributed by atoms with Gasteiger partial charge in [-0.3, -0.25) is 0 Å². The van der Waals surface area contributed by atoms with E-state index in [0.717, 1.165) is 95.1 Å². The smallest absolute Gasteiger partial charge is 0.166 e. The molecule has 62 heavy (non-hydrogen) atoms. The fourth-order valence-corrected chi connectivity index (χ4v) is 6.00. The molecule has 1 aliphatic rings. The molecule has 0 aromatic heterocycles. The molecule has 3 rings (SSSR count). The molecule has 2 aromatic carbocycles. The van der Waals surface area contributed by atoms with Crippen LogP contribution in [0.4, 0.5) is 5.69 Å². The fourth-order valence-electron chi connectivity index (χ4n) is 6.00. The van der Waals surface area contributed by atoms with E-state index in [1.807, 2.05) is 78.2 Å². The molecular formula is C52H91N5O5. The van der Waals surface area contributed by atoms with E-state index in [-0.39, 0.29) is 12.0 Å². The number of unbranched alkanes of at least 4 members (excludes halogenated alkanes) is 1. The van der Waals surface area contributed by atoms with Crippen molar-refractivity contribution in [2.75, 3.05) is 79.5 Å². The number of aliphatic hydroxyl groups excluding tert-OH is 1. The van der Waals surface area contributed by atoms with Gasteiger partial charge in [0, 0.05) is 30.9 Å². The van der Waals surface area contributed by atoms with E-state index >= 15 is 0 Å². The highest BCUT2D eigenvalue weighted by atomic mass is 16.6. The molecule has 1 heterocycles. The molecule has 0 aliphatic carbocycles. The van der Waals surface area contributed by atoms with Crippen molar-refractivity contribution in [3.63, 3.8) is 0 Å². The first-order chi connectivity index (χ1) is 30.2. The van der Waals surface area contributed by atoms with Crippen LogP contribution in [0.5, 0.6) is 11.5 Å². The molecule has 0 amide bonds. The monoisotopic (exact) mass is 866 g/mol. The normalized spacial score (nSPS) is 14.7. The molecule has 0 saturated carbocycles. The number of anilines is 1. The Bertz CT molecular complexity index is 1420. The lowest BCUT2D eigenvalue weighted by atomic mass is 9.87. The number of allylic oxidation sites excluding steroid dienone is 5. The summed E-state index contributed by atoms with van der Waals surface area (Å²) >= 11 is 0. The molecule has 2 aromatic rings. The van der Waals surface area contributed by atoms with Gasteiger partial charge in [-0.1, -0.05) is 114 Å². The number of hydrogen-bond acceptors (Lipinski definition) is 10. The molecule has 0 bridgehead atoms. The first-order valence-corrected chi connectivity index (χ1v) is 23.1. The number of nitrogens with zero attached hydrogens (tertiary/aromatic N) is 1. The van der Waals surface area contributed by atoms with Gasteiger partial charge in [0.25, 0.3) is 0 Å². The van der Waals surface area contributed by atoms with Gasteiger partial charge in [-0.2, -0.15) is 5.90 Å². The minimum Gasteiger partial charge on any atom is -0.493 e. The molecule has 0 spiro atoms. The van der Waals surface area contributed by atoms with Gasteiger partial charge in [-0.15, -0.1) is 0 Å². The molecule has 354 valence electrons. The van der Waals surface area contributed by atoms with E-state index in [2.05, 4.69) is 108 Å². The summed E-state index contributed by atoms with van der Waals surface area (Å²) in [5, 5.41) is 20.5. The summed E-state index contributed by atoms with van der Waals surface area (Å²) in [6, 6.07) is 16.0. The van der Waals surface area contributed by atoms with E-state index in [4.69, 9.17) is 20.1 Å². The summed E-state index contributed by atoms with van der Waals surface area (Å²) in [5.74, 6) is 7.22. The topological polar surface area (TPSA) is 122 Å². The van der Waals surface area contributed by atoms with E-state index in [9.17, 15) is 5.11 Å². The molecule has 1 fully saturated rings. The highest BCUT2D eigenvalue weighted by Crippen LogP contribution is 2.40. The van der Waals surface area contributed by atoms with E-state index in [0.29, 0.717) is 11.5 Å². The second-order valence-electron chi connectivity index (χ2n) is 14.8. The van der Waals surface area contributed by atoms with Crippen molar-refractivity contribution in [3.05, 3.63) is 115 Å². The minimum atomic E-state index is -0.540. The van der Waals surface area contributed by atoms with E-state index < -0.39 is 6.10 Å². The zero-order valence-corrected chi connectivity index (χ0v) is 41.1. The molecule has 6 N–H and O–H groups in total. The van der Waals surface area contributed by atoms with Crippen molar-refractivity contribution in [1.82, 2.24) is 15.5 Å². The first-order valence-electron chi connectivity index (χ1n) is 23.1. The van der Waals surface area contributed by atoms with Crippen molar-refractivity contribution in [1.29, 1.82) is 0 Å². The lowest BCUT2D eigenvalue weighted by Gasteiger charge is -2.34. The number of nitrogens with two attached hydrogens (primary N) is 1. The minimum absolute atomic E-state index is 0.0677. The number of piperidine rings is 1. The van der Waals surface area contributed by atoms with Crippen LogP contribution in [0.15, 0.2) is 109 Å². The third-order valence-electron chi connectivity index (χ3n) is 9.99. The summed E-state index contributed by atoms with van der Waals surface area (Å²) in [6.45, 7) is 23.4. The average molecular weight is 866 g/mol. The van der Waals surface area contributed by atoms with Crippen LogP contribution in [0.1, 0.15) is 112 Å². The SMILES string of the molecule is C/C=C/CC(C)CC.CC.CCNC.CNCCCCOC(C)/C=C/ON.C\C=C/C(=C\C=C\CCN1CCC(C(O)c2cccc(OC)c2OC)CC1)CNc1ccccc1. The summed E-state index contributed by atoms with van der Waals surface area (Å²) < 4.78 is 16.4. The second-order valence-corrected chi connectivity index (χ2v) is 14.8. The van der Waals surface area contributed by atoms with Gasteiger partial charge < -0.3 is 45.0 Å². The van der Waals surface area contributed by atoms with Crippen LogP contribution in [0.2, 0.25) is 0 Å². The van der Waals surface area contributed by atoms with Crippen LogP contribution >= 0.6 is 0 Å². The molecule has 10 heteroatoms. The number of methoxy groups -OCH3 is 2. The van der Waals surface area contributed by atoms with Crippen LogP contribution in [0.3, 0.4) is 0 Å². The number of likely N-dealkylation sites (tertiary alicyclic amines) is 1. The van der Waals surface area contributed by atoms with Crippen LogP contribution < -0.4 is 31.3 Å². The molecular weight excluding hydrogens is 775 g/mol. The first kappa shape index (κ1) is 60.2. The average Bonchev–Trinajstić information content (AvgIpc) is 3.32. The van der Waals surface area contributed by atoms with Crippen LogP contribution in [-0.2, 0) is 9.57 Å². The largest absolute Gasteiger partial charge is 0.493 e. The number of rotatable bonds is 24. The van der Waals surface area contributed by atoms with Gasteiger partial charge in [0.05, 0.1) is 26.4 Å². The van der Waals surface area contributed by atoms with Crippen LogP contribution in [0, 0.1) is 11.8 Å². The predicted octanol–water partition coefficient (Wildman–Crippen LogP) is 11.1. The Balaban J connectivity index is 0. The zero-order valence-electron chi connectivity index (χ0n) is 41.1. The molecule has 3 atom stereocenters. The van der Waals surface area contributed by atoms with E-state index in [1.165, 1.54) is 24.7 Å². The quantitative estimate of drug-likeness (QED) is 0.0229. The second kappa shape index (κ2) is 43.7. The number of aliphatic hydroxyl groups is 1. The molecule has 1 saturated heterocycles. The number of nitrogens with one attached hydrogen (secondary N) is 3. The van der Waals surface area contributed by atoms with Crippen molar-refractivity contribution >= 4 is 5.69 Å². The van der Waals surface area contributed by atoms with Crippen molar-refractivity contribution in [2.45, 2.75) is 113 Å². The highest BCUT2D eigenvalue weighted by molar-refractivity contribution is 5.48. The lowest BCUT2D eigenvalue weighted by Crippen LogP contribution is -2.36. The Morgan fingerprint density at radius 1 is 0.919 bits per heavy atom. The predicted molar refractivity (Wildman–Crippen MR) is 268 cm³/mol. The lowest BCUT2D eigenvalue weighted by molar-refractivity contribution is 0.0574. The molecule has 0 radical (unpaired) electrons. The fraction of sp³-hybridized carbons (Fsp3) is 0.577. The molecule has 1 aliphatic heterocycles. The number of ether oxygens (including phenoxy) is 3. The Morgan fingerprint density at radius 2 is 1.61 bits per heavy atom. The van der Waals surface area contributed by atoms with Crippen LogP contribution in [0.25, 0.3) is 0 Å². The van der Waals surface area contributed by atoms with Crippen molar-refractivity contribution < 1.29 is 24.2 Å². The third-order valence-corrected chi connectivity index (χ3v) is 9.99. The Morgan fingerprint density at radius 3 is 2.18 bits per heavy atom. The number of para-hydroxylation sites is 2. The van der Waals surface area contributed by atoms with Crippen molar-refractivity contribution in [3.8, 4) is 11.5 Å². The summed E-state index contributed by atoms with van der Waals surface area (Å²) in [7, 11) is 7.13. The van der Waals surface area contributed by atoms with Gasteiger partial charge in [0.1, 0.15) is 6.26 Å². The Hall–Kier alpha value is -3.90. The maximum absolute atomic E-state index is 11.0. The van der Waals surface area contributed by atoms with Gasteiger partial charge in [0.2, 0.25) is 0 Å². The highest BCUT2D eigenvalue weighted by Gasteiger charge is 2.28. The van der Waals surface area contributed by atoms with Gasteiger partial charge >= 0.3 is 0 Å². The van der Waals surface area contributed by atoms with Crippen molar-refractivity contribution in [2.24, 2.45) is 17.7 Å². The van der Waals surface area contributed by atoms with Crippen LogP contribution in [-0.4, -0.2) is 90.3 Å². The number of benzene rings is 2. The van der Waals surface area contributed by atoms with Gasteiger partial charge in [-0.25, -0.2) is 0 Å². The summed E-state index contributed by atoms with van der Waals surface area (Å²) in [4.78, 5) is 6.78. The summed E-state index contributed by atoms with van der Waals surface area (Å²) in [6.07, 6.45) is 25.6. The summed E-state index contributed by atoms with van der Waals surface area (Å²) in [5.41, 5.74) is 3.19. The zero-order chi connectivity index (χ0) is 46.6. The van der Waals surface area contributed by atoms with E-state index in [1.54, 1.807) is 20.3 Å².